The molecule has 8 heteroatoms. The van der Waals surface area contributed by atoms with Crippen LogP contribution in [0.4, 0.5) is 4.39 Å². The van der Waals surface area contributed by atoms with Crippen LogP contribution in [-0.2, 0) is 20.6 Å². The summed E-state index contributed by atoms with van der Waals surface area (Å²) in [6.45, 7) is 4.34. The Bertz CT molecular complexity index is 1170. The number of rotatable bonds is 4. The minimum Gasteiger partial charge on any atom is -0.275 e. The molecule has 0 fully saturated rings. The summed E-state index contributed by atoms with van der Waals surface area (Å²) in [6.07, 6.45) is 3.92. The van der Waals surface area contributed by atoms with E-state index >= 15 is 0 Å². The maximum atomic E-state index is 13.4. The minimum absolute atomic E-state index is 0.357. The Morgan fingerprint density at radius 3 is 2.14 bits per heavy atom. The van der Waals surface area contributed by atoms with E-state index < -0.39 is 0 Å². The van der Waals surface area contributed by atoms with Crippen molar-refractivity contribution in [3.63, 3.8) is 0 Å². The van der Waals surface area contributed by atoms with E-state index in [1.807, 2.05) is 51.1 Å². The van der Waals surface area contributed by atoms with Crippen molar-refractivity contribution < 1.29 is 4.39 Å². The maximum absolute atomic E-state index is 13.4. The lowest BCUT2D eigenvalue weighted by Gasteiger charge is -2.09. The second kappa shape index (κ2) is 6.91. The molecule has 3 aromatic heterocycles. The van der Waals surface area contributed by atoms with Crippen molar-refractivity contribution in [1.82, 2.24) is 29.3 Å². The van der Waals surface area contributed by atoms with Gasteiger partial charge in [0.05, 0.1) is 29.3 Å². The molecule has 0 atom stereocenters. The summed E-state index contributed by atoms with van der Waals surface area (Å²) in [5.41, 5.74) is 6.30. The number of nitrogens with zero attached hydrogens (tertiary/aromatic N) is 6. The molecule has 4 aromatic rings. The van der Waals surface area contributed by atoms with Crippen LogP contribution >= 0.6 is 11.6 Å². The smallest absolute Gasteiger partial charge is 0.124 e. The van der Waals surface area contributed by atoms with E-state index in [-0.39, 0.29) is 5.82 Å². The fraction of sp³-hybridized carbons (Fsp3) is 0.250. The Hall–Kier alpha value is -2.93. The first kappa shape index (κ1) is 18.4. The van der Waals surface area contributed by atoms with Crippen LogP contribution in [0.1, 0.15) is 17.0 Å². The lowest BCUT2D eigenvalue weighted by Crippen LogP contribution is -2.05. The van der Waals surface area contributed by atoms with Gasteiger partial charge in [0.15, 0.2) is 0 Å². The Morgan fingerprint density at radius 1 is 0.929 bits per heavy atom. The van der Waals surface area contributed by atoms with Crippen molar-refractivity contribution in [3.8, 4) is 22.5 Å². The van der Waals surface area contributed by atoms with Gasteiger partial charge in [-0.2, -0.15) is 15.3 Å². The molecule has 0 N–H and O–H groups in total. The highest BCUT2D eigenvalue weighted by Gasteiger charge is 2.18. The summed E-state index contributed by atoms with van der Waals surface area (Å²) in [5.74, 6) is -0.357. The molecule has 0 aliphatic rings. The Balaban J connectivity index is 1.85. The van der Waals surface area contributed by atoms with Gasteiger partial charge < -0.3 is 0 Å². The van der Waals surface area contributed by atoms with Crippen LogP contribution in [0.5, 0.6) is 0 Å². The zero-order valence-electron chi connectivity index (χ0n) is 16.1. The molecule has 0 saturated carbocycles. The molecule has 0 bridgehead atoms. The molecule has 0 aliphatic carbocycles. The Kier molecular flexibility index (Phi) is 4.55. The van der Waals surface area contributed by atoms with Crippen molar-refractivity contribution in [2.24, 2.45) is 14.1 Å². The number of hydrogen-bond acceptors (Lipinski definition) is 3. The quantitative estimate of drug-likeness (QED) is 0.519. The molecule has 3 heterocycles. The molecule has 1 aromatic carbocycles. The molecular weight excluding hydrogens is 379 g/mol. The summed E-state index contributed by atoms with van der Waals surface area (Å²) in [6, 6.07) is 6.45. The SMILES string of the molecule is Cc1nn(C)cc1-c1cc(-c2cn(C)nc2C)n(Cc2ccc(F)cc2Cl)n1. The largest absolute Gasteiger partial charge is 0.275 e. The number of aryl methyl sites for hydroxylation is 4. The maximum Gasteiger partial charge on any atom is 0.124 e. The van der Waals surface area contributed by atoms with Crippen molar-refractivity contribution in [2.45, 2.75) is 20.4 Å². The Morgan fingerprint density at radius 2 is 1.57 bits per heavy atom. The first-order valence-corrected chi connectivity index (χ1v) is 9.22. The highest BCUT2D eigenvalue weighted by atomic mass is 35.5. The predicted octanol–water partition coefficient (Wildman–Crippen LogP) is 4.14. The first-order chi connectivity index (χ1) is 13.3. The van der Waals surface area contributed by atoms with Gasteiger partial charge >= 0.3 is 0 Å². The average Bonchev–Trinajstić information content (AvgIpc) is 3.27. The lowest BCUT2D eigenvalue weighted by atomic mass is 10.1. The van der Waals surface area contributed by atoms with Crippen LogP contribution in [0.3, 0.4) is 0 Å². The number of aromatic nitrogens is 6. The monoisotopic (exact) mass is 398 g/mol. The standard InChI is InChI=1S/C20H20ClFN6/c1-12-16(10-26(3)23-12)19-8-20(17-11-27(4)24-13(17)2)28(25-19)9-14-5-6-15(22)7-18(14)21/h5-8,10-11H,9H2,1-4H3. The molecular formula is C20H20ClFN6. The van der Waals surface area contributed by atoms with E-state index in [9.17, 15) is 4.39 Å². The molecule has 144 valence electrons. The summed E-state index contributed by atoms with van der Waals surface area (Å²) in [5, 5.41) is 14.1. The highest BCUT2D eigenvalue weighted by Crippen LogP contribution is 2.30. The van der Waals surface area contributed by atoms with Crippen LogP contribution in [0.2, 0.25) is 5.02 Å². The second-order valence-electron chi connectivity index (χ2n) is 6.91. The topological polar surface area (TPSA) is 53.5 Å². The van der Waals surface area contributed by atoms with Gasteiger partial charge in [0.2, 0.25) is 0 Å². The summed E-state index contributed by atoms with van der Waals surface area (Å²) >= 11 is 6.25. The lowest BCUT2D eigenvalue weighted by molar-refractivity contribution is 0.625. The second-order valence-corrected chi connectivity index (χ2v) is 7.32. The van der Waals surface area contributed by atoms with Gasteiger partial charge in [-0.05, 0) is 37.6 Å². The predicted molar refractivity (Wildman–Crippen MR) is 107 cm³/mol. The molecule has 0 saturated heterocycles. The van der Waals surface area contributed by atoms with Gasteiger partial charge in [-0.25, -0.2) is 4.39 Å². The highest BCUT2D eigenvalue weighted by molar-refractivity contribution is 6.31. The fourth-order valence-electron chi connectivity index (χ4n) is 3.40. The van der Waals surface area contributed by atoms with Gasteiger partial charge in [-0.15, -0.1) is 0 Å². The van der Waals surface area contributed by atoms with Crippen LogP contribution in [0, 0.1) is 19.7 Å². The molecule has 6 nitrogen and oxygen atoms in total. The number of benzene rings is 1. The van der Waals surface area contributed by atoms with Crippen molar-refractivity contribution in [3.05, 3.63) is 64.5 Å². The van der Waals surface area contributed by atoms with Gasteiger partial charge in [-0.1, -0.05) is 17.7 Å². The first-order valence-electron chi connectivity index (χ1n) is 8.85. The molecule has 0 unspecified atom stereocenters. The van der Waals surface area contributed by atoms with Crippen LogP contribution < -0.4 is 0 Å². The van der Waals surface area contributed by atoms with Gasteiger partial charge in [0.25, 0.3) is 0 Å². The minimum atomic E-state index is -0.357. The normalized spacial score (nSPS) is 11.4. The van der Waals surface area contributed by atoms with Crippen LogP contribution in [0.25, 0.3) is 22.5 Å². The summed E-state index contributed by atoms with van der Waals surface area (Å²) in [7, 11) is 3.78. The van der Waals surface area contributed by atoms with Gasteiger partial charge in [0.1, 0.15) is 5.82 Å². The molecule has 0 radical (unpaired) electrons. The average molecular weight is 399 g/mol. The zero-order valence-corrected chi connectivity index (χ0v) is 16.9. The van der Waals surface area contributed by atoms with Crippen molar-refractivity contribution >= 4 is 11.6 Å². The van der Waals surface area contributed by atoms with E-state index in [1.165, 1.54) is 12.1 Å². The molecule has 0 amide bonds. The van der Waals surface area contributed by atoms with E-state index in [1.54, 1.807) is 15.4 Å². The van der Waals surface area contributed by atoms with E-state index in [2.05, 4.69) is 10.2 Å². The number of halogens is 2. The van der Waals surface area contributed by atoms with E-state index in [4.69, 9.17) is 16.7 Å². The molecule has 0 spiro atoms. The third-order valence-corrected chi connectivity index (χ3v) is 5.05. The summed E-state index contributed by atoms with van der Waals surface area (Å²) < 4.78 is 18.9. The van der Waals surface area contributed by atoms with E-state index in [0.29, 0.717) is 11.6 Å². The third-order valence-electron chi connectivity index (χ3n) is 4.69. The van der Waals surface area contributed by atoms with E-state index in [0.717, 1.165) is 39.5 Å². The summed E-state index contributed by atoms with van der Waals surface area (Å²) in [4.78, 5) is 0. The van der Waals surface area contributed by atoms with Crippen LogP contribution in [-0.4, -0.2) is 29.3 Å². The van der Waals surface area contributed by atoms with Crippen LogP contribution in [0.15, 0.2) is 36.7 Å². The van der Waals surface area contributed by atoms with Crippen molar-refractivity contribution in [1.29, 1.82) is 0 Å². The molecule has 28 heavy (non-hydrogen) atoms. The molecule has 0 aliphatic heterocycles. The number of hydrogen-bond donors (Lipinski definition) is 0. The van der Waals surface area contributed by atoms with Gasteiger partial charge in [-0.3, -0.25) is 14.0 Å². The fourth-order valence-corrected chi connectivity index (χ4v) is 3.63. The van der Waals surface area contributed by atoms with Gasteiger partial charge in [0, 0.05) is 42.6 Å². The Labute approximate surface area is 167 Å². The zero-order chi connectivity index (χ0) is 20.0. The van der Waals surface area contributed by atoms with Crippen molar-refractivity contribution in [2.75, 3.05) is 0 Å². The third kappa shape index (κ3) is 3.33. The molecule has 4 rings (SSSR count).